The summed E-state index contributed by atoms with van der Waals surface area (Å²) in [6.07, 6.45) is 25.9. The Balaban J connectivity index is 1.99. The molecule has 0 bridgehead atoms. The van der Waals surface area contributed by atoms with Crippen molar-refractivity contribution in [3.8, 4) is 0 Å². The fourth-order valence-corrected chi connectivity index (χ4v) is 3.98. The molecule has 0 radical (unpaired) electrons. The summed E-state index contributed by atoms with van der Waals surface area (Å²) in [6.45, 7) is 7.30. The molecule has 2 nitrogen and oxygen atoms in total. The van der Waals surface area contributed by atoms with Gasteiger partial charge in [0.1, 0.15) is 6.10 Å². The van der Waals surface area contributed by atoms with Crippen molar-refractivity contribution < 1.29 is 9.47 Å². The van der Waals surface area contributed by atoms with E-state index in [2.05, 4.69) is 13.8 Å². The number of epoxide rings is 1. The topological polar surface area (TPSA) is 21.8 Å². The Hall–Kier alpha value is -0.0800. The van der Waals surface area contributed by atoms with Gasteiger partial charge in [-0.1, -0.05) is 117 Å². The zero-order valence-electron chi connectivity index (χ0n) is 18.8. The van der Waals surface area contributed by atoms with E-state index in [1.165, 1.54) is 116 Å². The van der Waals surface area contributed by atoms with Gasteiger partial charge in [0, 0.05) is 6.61 Å². The minimum atomic E-state index is 0.414. The Bertz CT molecular complexity index is 288. The van der Waals surface area contributed by atoms with Gasteiger partial charge in [0.05, 0.1) is 13.2 Å². The molecule has 2 atom stereocenters. The first kappa shape index (κ1) is 25.0. The molecule has 0 N–H and O–H groups in total. The van der Waals surface area contributed by atoms with Crippen LogP contribution in [0.3, 0.4) is 0 Å². The second-order valence-electron chi connectivity index (χ2n) is 8.89. The molecular weight excluding hydrogens is 332 g/mol. The molecule has 0 spiro atoms. The van der Waals surface area contributed by atoms with E-state index < -0.39 is 0 Å². The third kappa shape index (κ3) is 17.7. The van der Waals surface area contributed by atoms with Crippen molar-refractivity contribution in [3.05, 3.63) is 0 Å². The fraction of sp³-hybridized carbons (Fsp3) is 1.00. The van der Waals surface area contributed by atoms with Gasteiger partial charge in [-0.3, -0.25) is 0 Å². The number of rotatable bonds is 22. The minimum Gasteiger partial charge on any atom is -0.378 e. The first-order valence-corrected chi connectivity index (χ1v) is 12.6. The van der Waals surface area contributed by atoms with Crippen molar-refractivity contribution in [1.82, 2.24) is 0 Å². The zero-order chi connectivity index (χ0) is 19.4. The molecule has 0 saturated carbocycles. The minimum absolute atomic E-state index is 0.414. The van der Waals surface area contributed by atoms with Crippen molar-refractivity contribution in [3.63, 3.8) is 0 Å². The van der Waals surface area contributed by atoms with Gasteiger partial charge in [0.25, 0.3) is 0 Å². The molecule has 1 fully saturated rings. The second kappa shape index (κ2) is 19.2. The van der Waals surface area contributed by atoms with Gasteiger partial charge >= 0.3 is 0 Å². The van der Waals surface area contributed by atoms with Gasteiger partial charge in [0.2, 0.25) is 0 Å². The summed E-state index contributed by atoms with van der Waals surface area (Å²) in [5.41, 5.74) is 0. The Morgan fingerprint density at radius 3 is 1.48 bits per heavy atom. The lowest BCUT2D eigenvalue weighted by Gasteiger charge is -2.17. The molecule has 0 aromatic heterocycles. The van der Waals surface area contributed by atoms with Crippen LogP contribution in [-0.4, -0.2) is 25.9 Å². The standard InChI is InChI=1S/C25H50O2/c1-3-5-7-9-11-12-14-16-18-20-24(21-26-22-25-23-27-25)19-17-15-13-10-8-6-4-2/h24-25H,3-23H2,1-2H3. The maximum absolute atomic E-state index is 5.94. The molecule has 162 valence electrons. The Morgan fingerprint density at radius 2 is 1.07 bits per heavy atom. The third-order valence-corrected chi connectivity index (χ3v) is 5.99. The maximum Gasteiger partial charge on any atom is 0.104 e. The van der Waals surface area contributed by atoms with E-state index in [9.17, 15) is 0 Å². The van der Waals surface area contributed by atoms with Crippen LogP contribution in [0.1, 0.15) is 129 Å². The van der Waals surface area contributed by atoms with Crippen LogP contribution < -0.4 is 0 Å². The molecule has 0 aromatic rings. The van der Waals surface area contributed by atoms with E-state index >= 15 is 0 Å². The number of ether oxygens (including phenoxy) is 2. The van der Waals surface area contributed by atoms with Gasteiger partial charge in [-0.2, -0.15) is 0 Å². The number of unbranched alkanes of at least 4 members (excludes halogenated alkanes) is 14. The monoisotopic (exact) mass is 382 g/mol. The van der Waals surface area contributed by atoms with E-state index in [0.29, 0.717) is 6.10 Å². The highest BCUT2D eigenvalue weighted by Gasteiger charge is 2.22. The summed E-state index contributed by atoms with van der Waals surface area (Å²) in [4.78, 5) is 0. The summed E-state index contributed by atoms with van der Waals surface area (Å²) >= 11 is 0. The van der Waals surface area contributed by atoms with Crippen LogP contribution in [0.15, 0.2) is 0 Å². The van der Waals surface area contributed by atoms with Crippen molar-refractivity contribution in [2.24, 2.45) is 5.92 Å². The SMILES string of the molecule is CCCCCCCCCCCC(CCCCCCCCC)COCC1CO1. The van der Waals surface area contributed by atoms with Crippen LogP contribution in [0.5, 0.6) is 0 Å². The van der Waals surface area contributed by atoms with Crippen LogP contribution in [0.25, 0.3) is 0 Å². The zero-order valence-corrected chi connectivity index (χ0v) is 18.8. The van der Waals surface area contributed by atoms with Crippen molar-refractivity contribution in [2.75, 3.05) is 19.8 Å². The van der Waals surface area contributed by atoms with Gasteiger partial charge in [-0.25, -0.2) is 0 Å². The summed E-state index contributed by atoms with van der Waals surface area (Å²) in [6, 6.07) is 0. The lowest BCUT2D eigenvalue weighted by Crippen LogP contribution is -2.13. The normalized spacial score (nSPS) is 17.3. The van der Waals surface area contributed by atoms with Crippen molar-refractivity contribution in [2.45, 2.75) is 136 Å². The molecule has 1 aliphatic rings. The molecule has 2 heteroatoms. The molecule has 1 aliphatic heterocycles. The molecular formula is C25H50O2. The second-order valence-corrected chi connectivity index (χ2v) is 8.89. The average molecular weight is 383 g/mol. The first-order valence-electron chi connectivity index (χ1n) is 12.6. The molecule has 27 heavy (non-hydrogen) atoms. The molecule has 0 aromatic carbocycles. The lowest BCUT2D eigenvalue weighted by molar-refractivity contribution is 0.0787. The van der Waals surface area contributed by atoms with E-state index in [-0.39, 0.29) is 0 Å². The van der Waals surface area contributed by atoms with Crippen molar-refractivity contribution in [1.29, 1.82) is 0 Å². The Kier molecular flexibility index (Phi) is 17.8. The van der Waals surface area contributed by atoms with Crippen LogP contribution in [0.2, 0.25) is 0 Å². The largest absolute Gasteiger partial charge is 0.378 e. The highest BCUT2D eigenvalue weighted by atomic mass is 16.6. The predicted molar refractivity (Wildman–Crippen MR) is 119 cm³/mol. The van der Waals surface area contributed by atoms with Crippen LogP contribution in [0, 0.1) is 5.92 Å². The highest BCUT2D eigenvalue weighted by Crippen LogP contribution is 2.21. The third-order valence-electron chi connectivity index (χ3n) is 5.99. The smallest absolute Gasteiger partial charge is 0.104 e. The first-order chi connectivity index (χ1) is 13.4. The predicted octanol–water partition coefficient (Wildman–Crippen LogP) is 8.08. The van der Waals surface area contributed by atoms with Crippen molar-refractivity contribution >= 4 is 0 Å². The summed E-state index contributed by atoms with van der Waals surface area (Å²) in [5.74, 6) is 0.781. The maximum atomic E-state index is 5.94. The molecule has 0 amide bonds. The molecule has 1 rings (SSSR count). The Labute approximate surface area is 171 Å². The highest BCUT2D eigenvalue weighted by molar-refractivity contribution is 4.68. The fourth-order valence-electron chi connectivity index (χ4n) is 3.98. The van der Waals surface area contributed by atoms with Gasteiger partial charge in [-0.15, -0.1) is 0 Å². The molecule has 2 unspecified atom stereocenters. The van der Waals surface area contributed by atoms with E-state index in [0.717, 1.165) is 25.7 Å². The van der Waals surface area contributed by atoms with Gasteiger partial charge < -0.3 is 9.47 Å². The average Bonchev–Trinajstić information content (AvgIpc) is 3.49. The van der Waals surface area contributed by atoms with Crippen LogP contribution in [0.4, 0.5) is 0 Å². The summed E-state index contributed by atoms with van der Waals surface area (Å²) < 4.78 is 11.2. The summed E-state index contributed by atoms with van der Waals surface area (Å²) in [5, 5.41) is 0. The Morgan fingerprint density at radius 1 is 0.667 bits per heavy atom. The van der Waals surface area contributed by atoms with E-state index in [1.807, 2.05) is 0 Å². The summed E-state index contributed by atoms with van der Waals surface area (Å²) in [7, 11) is 0. The molecule has 1 heterocycles. The van der Waals surface area contributed by atoms with Crippen LogP contribution >= 0.6 is 0 Å². The quantitative estimate of drug-likeness (QED) is 0.139. The van der Waals surface area contributed by atoms with Gasteiger partial charge in [0.15, 0.2) is 0 Å². The molecule has 0 aliphatic carbocycles. The van der Waals surface area contributed by atoms with E-state index in [1.54, 1.807) is 0 Å². The van der Waals surface area contributed by atoms with Crippen LogP contribution in [-0.2, 0) is 9.47 Å². The lowest BCUT2D eigenvalue weighted by atomic mass is 9.94. The number of hydrogen-bond donors (Lipinski definition) is 0. The number of hydrogen-bond acceptors (Lipinski definition) is 2. The molecule has 1 saturated heterocycles. The van der Waals surface area contributed by atoms with Gasteiger partial charge in [-0.05, 0) is 18.8 Å². The van der Waals surface area contributed by atoms with E-state index in [4.69, 9.17) is 9.47 Å².